The van der Waals surface area contributed by atoms with Crippen molar-refractivity contribution >= 4 is 33.6 Å². The van der Waals surface area contributed by atoms with Crippen LogP contribution in [0.1, 0.15) is 13.8 Å². The van der Waals surface area contributed by atoms with Gasteiger partial charge in [0.2, 0.25) is 0 Å². The van der Waals surface area contributed by atoms with Crippen LogP contribution >= 0.6 is 15.9 Å². The van der Waals surface area contributed by atoms with Crippen molar-refractivity contribution in [2.24, 2.45) is 0 Å². The molecule has 10 heteroatoms. The van der Waals surface area contributed by atoms with Gasteiger partial charge in [-0.15, -0.1) is 0 Å². The van der Waals surface area contributed by atoms with Gasteiger partial charge in [-0.05, 0) is 28.1 Å². The Bertz CT molecular complexity index is 708. The van der Waals surface area contributed by atoms with Gasteiger partial charge >= 0.3 is 18.1 Å². The average molecular weight is 424 g/mol. The minimum Gasteiger partial charge on any atom is -0.482 e. The highest BCUT2D eigenvalue weighted by Crippen LogP contribution is 2.34. The van der Waals surface area contributed by atoms with Crippen molar-refractivity contribution in [2.45, 2.75) is 25.8 Å². The largest absolute Gasteiger partial charge is 0.482 e. The lowest BCUT2D eigenvalue weighted by Gasteiger charge is -2.29. The van der Waals surface area contributed by atoms with Gasteiger partial charge in [-0.25, -0.2) is 9.59 Å². The third-order valence-corrected chi connectivity index (χ3v) is 3.51. The predicted molar refractivity (Wildman–Crippen MR) is 83.7 cm³/mol. The molecule has 0 radical (unpaired) electrons. The van der Waals surface area contributed by atoms with E-state index in [2.05, 4.69) is 21.2 Å². The zero-order valence-electron chi connectivity index (χ0n) is 13.1. The molecule has 1 aliphatic rings. The molecule has 0 bridgehead atoms. The number of carbonyl (C=O) groups excluding carboxylic acids is 2. The lowest BCUT2D eigenvalue weighted by molar-refractivity contribution is -0.222. The van der Waals surface area contributed by atoms with E-state index in [9.17, 15) is 22.8 Å². The third kappa shape index (κ3) is 5.12. The van der Waals surface area contributed by atoms with E-state index in [1.807, 2.05) is 0 Å². The number of halogens is 4. The second-order valence-corrected chi connectivity index (χ2v) is 6.25. The van der Waals surface area contributed by atoms with Crippen molar-refractivity contribution in [1.29, 1.82) is 0 Å². The number of nitrogens with one attached hydrogen (secondary N) is 1. The van der Waals surface area contributed by atoms with Gasteiger partial charge in [0.05, 0.1) is 5.69 Å². The van der Waals surface area contributed by atoms with Crippen LogP contribution in [0.4, 0.5) is 18.9 Å². The van der Waals surface area contributed by atoms with Gasteiger partial charge in [-0.3, -0.25) is 0 Å². The first-order valence-electron chi connectivity index (χ1n) is 6.90. The lowest BCUT2D eigenvalue weighted by atomic mass is 10.2. The van der Waals surface area contributed by atoms with Gasteiger partial charge in [0.15, 0.2) is 12.2 Å². The topological polar surface area (TPSA) is 73.9 Å². The number of rotatable bonds is 4. The molecule has 1 N–H and O–H groups in total. The number of hydrogen-bond donors (Lipinski definition) is 1. The van der Waals surface area contributed by atoms with E-state index in [1.165, 1.54) is 26.0 Å². The maximum atomic E-state index is 12.3. The van der Waals surface area contributed by atoms with Crippen LogP contribution < -0.4 is 10.1 Å². The number of anilines is 1. The summed E-state index contributed by atoms with van der Waals surface area (Å²) in [6.07, 6.45) is -3.53. The Kier molecular flexibility index (Phi) is 5.31. The number of para-hydroxylation sites is 1. The monoisotopic (exact) mass is 423 g/mol. The fraction of sp³-hybridized carbons (Fsp3) is 0.333. The van der Waals surface area contributed by atoms with Crippen LogP contribution in [-0.4, -0.2) is 30.5 Å². The van der Waals surface area contributed by atoms with Gasteiger partial charge in [0.1, 0.15) is 5.75 Å². The molecule has 136 valence electrons. The molecule has 1 aromatic carbocycles. The van der Waals surface area contributed by atoms with Crippen LogP contribution in [0.25, 0.3) is 0 Å². The zero-order chi connectivity index (χ0) is 18.8. The fourth-order valence-corrected chi connectivity index (χ4v) is 2.31. The molecule has 1 aromatic rings. The maximum absolute atomic E-state index is 12.3. The molecule has 1 saturated heterocycles. The Morgan fingerprint density at radius 3 is 2.40 bits per heavy atom. The number of esters is 2. The molecule has 0 aliphatic carbocycles. The highest BCUT2D eigenvalue weighted by Gasteiger charge is 2.39. The van der Waals surface area contributed by atoms with E-state index in [4.69, 9.17) is 14.2 Å². The van der Waals surface area contributed by atoms with Crippen LogP contribution in [0.15, 0.2) is 34.4 Å². The van der Waals surface area contributed by atoms with Gasteiger partial charge in [-0.1, -0.05) is 6.07 Å². The summed E-state index contributed by atoms with van der Waals surface area (Å²) >= 11 is 3.16. The summed E-state index contributed by atoms with van der Waals surface area (Å²) in [6.45, 7) is 1.29. The molecular weight excluding hydrogens is 411 g/mol. The molecule has 2 rings (SSSR count). The summed E-state index contributed by atoms with van der Waals surface area (Å²) in [5.74, 6) is -3.35. The number of hydrogen-bond acceptors (Lipinski definition) is 6. The second kappa shape index (κ2) is 6.95. The van der Waals surface area contributed by atoms with Gasteiger partial charge in [0, 0.05) is 24.5 Å². The van der Waals surface area contributed by atoms with E-state index in [1.54, 1.807) is 6.07 Å². The molecule has 0 atom stereocenters. The zero-order valence-corrected chi connectivity index (χ0v) is 14.7. The molecule has 1 heterocycles. The fourth-order valence-electron chi connectivity index (χ4n) is 1.85. The molecule has 1 fully saturated rings. The Morgan fingerprint density at radius 1 is 1.24 bits per heavy atom. The number of alkyl halides is 3. The molecule has 0 saturated carbocycles. The van der Waals surface area contributed by atoms with Crippen molar-refractivity contribution in [3.05, 3.63) is 34.4 Å². The van der Waals surface area contributed by atoms with Crippen molar-refractivity contribution < 1.29 is 37.0 Å². The van der Waals surface area contributed by atoms with Crippen molar-refractivity contribution in [2.75, 3.05) is 11.9 Å². The Balaban J connectivity index is 2.22. The van der Waals surface area contributed by atoms with Gasteiger partial charge in [-0.2, -0.15) is 13.2 Å². The Morgan fingerprint density at radius 2 is 1.84 bits per heavy atom. The maximum Gasteiger partial charge on any atom is 0.422 e. The van der Waals surface area contributed by atoms with E-state index in [0.717, 1.165) is 6.20 Å². The van der Waals surface area contributed by atoms with Gasteiger partial charge < -0.3 is 19.5 Å². The molecule has 6 nitrogen and oxygen atoms in total. The van der Waals surface area contributed by atoms with Crippen LogP contribution in [0.5, 0.6) is 5.75 Å². The summed E-state index contributed by atoms with van der Waals surface area (Å²) in [5.41, 5.74) is -0.332. The molecular formula is C15H13BrF3NO5. The van der Waals surface area contributed by atoms with E-state index in [0.29, 0.717) is 4.47 Å². The summed E-state index contributed by atoms with van der Waals surface area (Å²) in [6, 6.07) is 4.32. The average Bonchev–Trinajstić information content (AvgIpc) is 2.44. The standard InChI is InChI=1S/C15H13BrF3NO5/c1-14(2)24-12(21)8(13(22)25-14)6-20-11-9(16)4-3-5-10(11)23-7-15(17,18)19/h3-6,20H,7H2,1-2H3. The number of carbonyl (C=O) groups is 2. The van der Waals surface area contributed by atoms with Crippen molar-refractivity contribution in [3.63, 3.8) is 0 Å². The van der Waals surface area contributed by atoms with Crippen molar-refractivity contribution in [3.8, 4) is 5.75 Å². The van der Waals surface area contributed by atoms with E-state index in [-0.39, 0.29) is 11.4 Å². The number of cyclic esters (lactones) is 2. The highest BCUT2D eigenvalue weighted by atomic mass is 79.9. The van der Waals surface area contributed by atoms with E-state index < -0.39 is 36.1 Å². The molecule has 0 spiro atoms. The molecule has 0 amide bonds. The highest BCUT2D eigenvalue weighted by molar-refractivity contribution is 9.10. The van der Waals surface area contributed by atoms with Gasteiger partial charge in [0.25, 0.3) is 5.79 Å². The normalized spacial score (nSPS) is 16.8. The first kappa shape index (κ1) is 19.1. The number of benzene rings is 1. The summed E-state index contributed by atoms with van der Waals surface area (Å²) in [4.78, 5) is 23.7. The first-order valence-corrected chi connectivity index (χ1v) is 7.69. The molecule has 0 aromatic heterocycles. The van der Waals surface area contributed by atoms with Crippen molar-refractivity contribution in [1.82, 2.24) is 0 Å². The lowest BCUT2D eigenvalue weighted by Crippen LogP contribution is -2.42. The van der Waals surface area contributed by atoms with Crippen LogP contribution in [0.3, 0.4) is 0 Å². The summed E-state index contributed by atoms with van der Waals surface area (Å²) < 4.78 is 51.9. The Hall–Kier alpha value is -2.23. The van der Waals surface area contributed by atoms with E-state index >= 15 is 0 Å². The molecule has 0 unspecified atom stereocenters. The summed E-state index contributed by atoms with van der Waals surface area (Å²) in [7, 11) is 0. The minimum absolute atomic E-state index is 0.102. The minimum atomic E-state index is -4.51. The third-order valence-electron chi connectivity index (χ3n) is 2.84. The second-order valence-electron chi connectivity index (χ2n) is 5.40. The summed E-state index contributed by atoms with van der Waals surface area (Å²) in [5, 5.41) is 2.57. The van der Waals surface area contributed by atoms with Crippen LogP contribution in [-0.2, 0) is 19.1 Å². The quantitative estimate of drug-likeness (QED) is 0.453. The van der Waals surface area contributed by atoms with Crippen LogP contribution in [0.2, 0.25) is 0 Å². The predicted octanol–water partition coefficient (Wildman–Crippen LogP) is 3.52. The first-order chi connectivity index (χ1) is 11.5. The Labute approximate surface area is 149 Å². The SMILES string of the molecule is CC1(C)OC(=O)C(=CNc2c(Br)cccc2OCC(F)(F)F)C(=O)O1. The molecule has 1 aliphatic heterocycles. The molecule has 25 heavy (non-hydrogen) atoms. The number of ether oxygens (including phenoxy) is 3. The smallest absolute Gasteiger partial charge is 0.422 e. The van der Waals surface area contributed by atoms with Crippen LogP contribution in [0, 0.1) is 0 Å².